The summed E-state index contributed by atoms with van der Waals surface area (Å²) in [6, 6.07) is 17.4. The van der Waals surface area contributed by atoms with E-state index in [1.165, 1.54) is 0 Å². The van der Waals surface area contributed by atoms with Gasteiger partial charge in [0.2, 0.25) is 0 Å². The summed E-state index contributed by atoms with van der Waals surface area (Å²) in [4.78, 5) is 12.6. The third-order valence-corrected chi connectivity index (χ3v) is 4.38. The molecule has 1 atom stereocenters. The molecule has 1 N–H and O–H groups in total. The molecule has 5 nitrogen and oxygen atoms in total. The van der Waals surface area contributed by atoms with Crippen molar-refractivity contribution in [2.45, 2.75) is 19.0 Å². The maximum absolute atomic E-state index is 12.6. The minimum atomic E-state index is -0.0626. The number of hydrogen-bond acceptors (Lipinski definition) is 3. The smallest absolute Gasteiger partial charge is 0.251 e. The van der Waals surface area contributed by atoms with Crippen LogP contribution in [0.1, 0.15) is 33.9 Å². The summed E-state index contributed by atoms with van der Waals surface area (Å²) in [6.45, 7) is 1.31. The topological polar surface area (TPSA) is 56.1 Å². The van der Waals surface area contributed by atoms with Gasteiger partial charge < -0.3 is 10.1 Å². The molecule has 25 heavy (non-hydrogen) atoms. The van der Waals surface area contributed by atoms with Crippen molar-refractivity contribution in [3.8, 4) is 5.75 Å². The SMILES string of the molecule is O=C(NC1CCOc2ccccc21)c1ccc(Cn2cccn2)cc1. The lowest BCUT2D eigenvalue weighted by molar-refractivity contribution is 0.0925. The summed E-state index contributed by atoms with van der Waals surface area (Å²) in [6.07, 6.45) is 4.46. The van der Waals surface area contributed by atoms with E-state index in [0.717, 1.165) is 23.3 Å². The van der Waals surface area contributed by atoms with Crippen LogP contribution in [-0.2, 0) is 6.54 Å². The average Bonchev–Trinajstić information content (AvgIpc) is 3.16. The molecule has 0 radical (unpaired) electrons. The first-order valence-corrected chi connectivity index (χ1v) is 8.38. The number of nitrogens with one attached hydrogen (secondary N) is 1. The number of carbonyl (C=O) groups is 1. The highest BCUT2D eigenvalue weighted by molar-refractivity contribution is 5.94. The van der Waals surface area contributed by atoms with Gasteiger partial charge in [0.15, 0.2) is 0 Å². The van der Waals surface area contributed by atoms with Crippen LogP contribution in [0.25, 0.3) is 0 Å². The van der Waals surface area contributed by atoms with Gasteiger partial charge in [-0.15, -0.1) is 0 Å². The molecule has 1 amide bonds. The second-order valence-corrected chi connectivity index (χ2v) is 6.10. The molecule has 0 fully saturated rings. The van der Waals surface area contributed by atoms with Crippen molar-refractivity contribution in [2.24, 2.45) is 0 Å². The highest BCUT2D eigenvalue weighted by Crippen LogP contribution is 2.31. The number of carbonyl (C=O) groups excluding carboxylic acids is 1. The van der Waals surface area contributed by atoms with Gasteiger partial charge in [-0.1, -0.05) is 30.3 Å². The van der Waals surface area contributed by atoms with E-state index in [9.17, 15) is 4.79 Å². The molecule has 1 aliphatic heterocycles. The number of fused-ring (bicyclic) bond motifs is 1. The molecule has 3 aromatic rings. The van der Waals surface area contributed by atoms with Gasteiger partial charge in [0.1, 0.15) is 5.75 Å². The standard InChI is InChI=1S/C20H19N3O2/c24-20(22-18-10-13-25-19-5-2-1-4-17(18)19)16-8-6-15(7-9-16)14-23-12-3-11-21-23/h1-9,11-12,18H,10,13-14H2,(H,22,24). The monoisotopic (exact) mass is 333 g/mol. The fraction of sp³-hybridized carbons (Fsp3) is 0.200. The fourth-order valence-electron chi connectivity index (χ4n) is 3.08. The molecule has 0 bridgehead atoms. The van der Waals surface area contributed by atoms with E-state index in [-0.39, 0.29) is 11.9 Å². The minimum Gasteiger partial charge on any atom is -0.493 e. The Balaban J connectivity index is 1.45. The Morgan fingerprint density at radius 1 is 1.16 bits per heavy atom. The number of para-hydroxylation sites is 1. The van der Waals surface area contributed by atoms with E-state index < -0.39 is 0 Å². The van der Waals surface area contributed by atoms with Crippen LogP contribution >= 0.6 is 0 Å². The number of aromatic nitrogens is 2. The molecule has 5 heteroatoms. The van der Waals surface area contributed by atoms with Gasteiger partial charge in [0, 0.05) is 29.9 Å². The van der Waals surface area contributed by atoms with Gasteiger partial charge >= 0.3 is 0 Å². The first-order chi connectivity index (χ1) is 12.3. The van der Waals surface area contributed by atoms with Crippen LogP contribution in [0.15, 0.2) is 67.0 Å². The molecule has 1 unspecified atom stereocenters. The summed E-state index contributed by atoms with van der Waals surface area (Å²) < 4.78 is 7.50. The Morgan fingerprint density at radius 2 is 2.00 bits per heavy atom. The normalized spacial score (nSPS) is 15.9. The molecule has 1 aliphatic rings. The van der Waals surface area contributed by atoms with Crippen LogP contribution in [-0.4, -0.2) is 22.3 Å². The van der Waals surface area contributed by atoms with Crippen LogP contribution in [0.4, 0.5) is 0 Å². The predicted octanol–water partition coefficient (Wildman–Crippen LogP) is 3.19. The van der Waals surface area contributed by atoms with Crippen molar-refractivity contribution in [2.75, 3.05) is 6.61 Å². The minimum absolute atomic E-state index is 0.0128. The van der Waals surface area contributed by atoms with E-state index >= 15 is 0 Å². The summed E-state index contributed by atoms with van der Waals surface area (Å²) in [5.41, 5.74) is 2.81. The van der Waals surface area contributed by atoms with Gasteiger partial charge in [-0.25, -0.2) is 0 Å². The van der Waals surface area contributed by atoms with Crippen molar-refractivity contribution in [1.82, 2.24) is 15.1 Å². The lowest BCUT2D eigenvalue weighted by atomic mass is 10.00. The number of benzene rings is 2. The molecule has 4 rings (SSSR count). The number of amides is 1. The molecule has 1 aromatic heterocycles. The predicted molar refractivity (Wildman–Crippen MR) is 94.5 cm³/mol. The molecule has 2 heterocycles. The Hall–Kier alpha value is -3.08. The third-order valence-electron chi connectivity index (χ3n) is 4.38. The van der Waals surface area contributed by atoms with Crippen molar-refractivity contribution in [1.29, 1.82) is 0 Å². The maximum atomic E-state index is 12.6. The summed E-state index contributed by atoms with van der Waals surface area (Å²) >= 11 is 0. The molecule has 0 spiro atoms. The third kappa shape index (κ3) is 3.40. The molecule has 0 saturated heterocycles. The second kappa shape index (κ2) is 6.81. The van der Waals surface area contributed by atoms with E-state index in [2.05, 4.69) is 10.4 Å². The van der Waals surface area contributed by atoms with E-state index in [1.54, 1.807) is 6.20 Å². The highest BCUT2D eigenvalue weighted by atomic mass is 16.5. The van der Waals surface area contributed by atoms with Crippen LogP contribution in [0.3, 0.4) is 0 Å². The van der Waals surface area contributed by atoms with E-state index in [0.29, 0.717) is 18.7 Å². The Kier molecular flexibility index (Phi) is 4.21. The van der Waals surface area contributed by atoms with Gasteiger partial charge in [-0.3, -0.25) is 9.48 Å². The van der Waals surface area contributed by atoms with Gasteiger partial charge in [-0.05, 0) is 29.8 Å². The zero-order chi connectivity index (χ0) is 17.1. The lowest BCUT2D eigenvalue weighted by Gasteiger charge is -2.26. The van der Waals surface area contributed by atoms with Gasteiger partial charge in [0.25, 0.3) is 5.91 Å². The lowest BCUT2D eigenvalue weighted by Crippen LogP contribution is -2.32. The molecular weight excluding hydrogens is 314 g/mol. The fourth-order valence-corrected chi connectivity index (χ4v) is 3.08. The van der Waals surface area contributed by atoms with Crippen molar-refractivity contribution >= 4 is 5.91 Å². The van der Waals surface area contributed by atoms with Crippen molar-refractivity contribution < 1.29 is 9.53 Å². The van der Waals surface area contributed by atoms with Crippen LogP contribution < -0.4 is 10.1 Å². The Labute approximate surface area is 146 Å². The Bertz CT molecular complexity index is 857. The summed E-state index contributed by atoms with van der Waals surface area (Å²) in [7, 11) is 0. The van der Waals surface area contributed by atoms with Crippen molar-refractivity contribution in [3.63, 3.8) is 0 Å². The van der Waals surface area contributed by atoms with E-state index in [1.807, 2.05) is 65.5 Å². The van der Waals surface area contributed by atoms with Crippen LogP contribution in [0.5, 0.6) is 5.75 Å². The zero-order valence-corrected chi connectivity index (χ0v) is 13.8. The number of rotatable bonds is 4. The molecule has 126 valence electrons. The van der Waals surface area contributed by atoms with Crippen LogP contribution in [0, 0.1) is 0 Å². The number of hydrogen-bond donors (Lipinski definition) is 1. The van der Waals surface area contributed by atoms with Gasteiger partial charge in [-0.2, -0.15) is 5.10 Å². The van der Waals surface area contributed by atoms with Gasteiger partial charge in [0.05, 0.1) is 19.2 Å². The largest absolute Gasteiger partial charge is 0.493 e. The highest BCUT2D eigenvalue weighted by Gasteiger charge is 2.22. The van der Waals surface area contributed by atoms with Crippen molar-refractivity contribution in [3.05, 3.63) is 83.7 Å². The molecule has 2 aromatic carbocycles. The quantitative estimate of drug-likeness (QED) is 0.798. The summed E-state index contributed by atoms with van der Waals surface area (Å²) in [5, 5.41) is 7.31. The molecule has 0 aliphatic carbocycles. The zero-order valence-electron chi connectivity index (χ0n) is 13.8. The second-order valence-electron chi connectivity index (χ2n) is 6.10. The average molecular weight is 333 g/mol. The number of nitrogens with zero attached hydrogens (tertiary/aromatic N) is 2. The first kappa shape index (κ1) is 15.4. The number of ether oxygens (including phenoxy) is 1. The Morgan fingerprint density at radius 3 is 2.80 bits per heavy atom. The van der Waals surface area contributed by atoms with E-state index in [4.69, 9.17) is 4.74 Å². The summed E-state index contributed by atoms with van der Waals surface area (Å²) in [5.74, 6) is 0.793. The molecular formula is C20H19N3O2. The molecule has 0 saturated carbocycles. The first-order valence-electron chi connectivity index (χ1n) is 8.38. The maximum Gasteiger partial charge on any atom is 0.251 e. The van der Waals surface area contributed by atoms with Crippen LogP contribution in [0.2, 0.25) is 0 Å².